The van der Waals surface area contributed by atoms with Crippen LogP contribution in [0.5, 0.6) is 0 Å². The Morgan fingerprint density at radius 2 is 2.07 bits per heavy atom. The summed E-state index contributed by atoms with van der Waals surface area (Å²) in [5, 5.41) is 12.1. The largest absolute Gasteiger partial charge is 0.462 e. The van der Waals surface area contributed by atoms with Crippen LogP contribution < -0.4 is 5.32 Å². The number of hydrogen-bond acceptors (Lipinski definition) is 4. The number of methoxy groups -OCH3 is 1. The lowest BCUT2D eigenvalue weighted by atomic mass is 10.1. The number of aliphatic hydroxyl groups is 1. The Morgan fingerprint density at radius 3 is 2.60 bits per heavy atom. The van der Waals surface area contributed by atoms with Gasteiger partial charge in [-0.1, -0.05) is 0 Å². The van der Waals surface area contributed by atoms with Gasteiger partial charge >= 0.3 is 0 Å². The maximum atomic E-state index is 8.83. The number of rotatable bonds is 6. The van der Waals surface area contributed by atoms with Crippen LogP contribution in [-0.4, -0.2) is 24.4 Å². The Morgan fingerprint density at radius 1 is 1.40 bits per heavy atom. The van der Waals surface area contributed by atoms with Gasteiger partial charge in [-0.15, -0.1) is 0 Å². The predicted molar refractivity (Wildman–Crippen MR) is 57.4 cm³/mol. The minimum Gasteiger partial charge on any atom is -0.462 e. The first kappa shape index (κ1) is 12.2. The van der Waals surface area contributed by atoms with E-state index in [0.717, 1.165) is 5.76 Å². The number of ether oxygens (including phenoxy) is 1. The molecule has 0 saturated heterocycles. The Bertz CT molecular complexity index is 294. The fourth-order valence-corrected chi connectivity index (χ4v) is 1.34. The summed E-state index contributed by atoms with van der Waals surface area (Å²) in [5.41, 5.74) is -0.0824. The second-order valence-electron chi connectivity index (χ2n) is 4.20. The standard InChI is InChI=1S/C11H19NO3/c1-11(2,8-14-3)12-6-9-4-5-10(7-13)15-9/h4-5,12-13H,6-8H2,1-3H3. The summed E-state index contributed by atoms with van der Waals surface area (Å²) >= 11 is 0. The van der Waals surface area contributed by atoms with Crippen LogP contribution in [0.15, 0.2) is 16.5 Å². The molecule has 0 bridgehead atoms. The van der Waals surface area contributed by atoms with Crippen molar-refractivity contribution < 1.29 is 14.3 Å². The summed E-state index contributed by atoms with van der Waals surface area (Å²) < 4.78 is 10.4. The van der Waals surface area contributed by atoms with Crippen LogP contribution in [0.1, 0.15) is 25.4 Å². The third kappa shape index (κ3) is 4.03. The molecule has 1 rings (SSSR count). The average molecular weight is 213 g/mol. The molecule has 0 atom stereocenters. The lowest BCUT2D eigenvalue weighted by Gasteiger charge is -2.24. The van der Waals surface area contributed by atoms with Crippen molar-refractivity contribution in [2.24, 2.45) is 0 Å². The van der Waals surface area contributed by atoms with Gasteiger partial charge in [-0.25, -0.2) is 0 Å². The zero-order valence-corrected chi connectivity index (χ0v) is 9.54. The van der Waals surface area contributed by atoms with E-state index >= 15 is 0 Å². The first-order valence-corrected chi connectivity index (χ1v) is 5.00. The van der Waals surface area contributed by atoms with Crippen LogP contribution in [0.3, 0.4) is 0 Å². The Kier molecular flexibility index (Phi) is 4.32. The van der Waals surface area contributed by atoms with Crippen molar-refractivity contribution in [3.05, 3.63) is 23.7 Å². The lowest BCUT2D eigenvalue weighted by molar-refractivity contribution is 0.126. The van der Waals surface area contributed by atoms with Gasteiger partial charge in [0.15, 0.2) is 0 Å². The molecule has 0 radical (unpaired) electrons. The predicted octanol–water partition coefficient (Wildman–Crippen LogP) is 1.29. The van der Waals surface area contributed by atoms with Crippen LogP contribution in [0.25, 0.3) is 0 Å². The van der Waals surface area contributed by atoms with Crippen molar-refractivity contribution in [2.75, 3.05) is 13.7 Å². The van der Waals surface area contributed by atoms with Gasteiger partial charge in [0, 0.05) is 12.6 Å². The van der Waals surface area contributed by atoms with Crippen molar-refractivity contribution in [3.63, 3.8) is 0 Å². The van der Waals surface area contributed by atoms with Crippen molar-refractivity contribution in [1.29, 1.82) is 0 Å². The highest BCUT2D eigenvalue weighted by Crippen LogP contribution is 2.10. The summed E-state index contributed by atoms with van der Waals surface area (Å²) in [5.74, 6) is 1.42. The second-order valence-corrected chi connectivity index (χ2v) is 4.20. The summed E-state index contributed by atoms with van der Waals surface area (Å²) in [6.45, 7) is 5.34. The van der Waals surface area contributed by atoms with E-state index in [-0.39, 0.29) is 12.1 Å². The van der Waals surface area contributed by atoms with Gasteiger partial charge in [0.2, 0.25) is 0 Å². The van der Waals surface area contributed by atoms with Crippen molar-refractivity contribution in [3.8, 4) is 0 Å². The fourth-order valence-electron chi connectivity index (χ4n) is 1.34. The minimum atomic E-state index is -0.0824. The highest BCUT2D eigenvalue weighted by molar-refractivity contribution is 5.06. The fraction of sp³-hybridized carbons (Fsp3) is 0.636. The van der Waals surface area contributed by atoms with Gasteiger partial charge in [0.05, 0.1) is 13.2 Å². The molecule has 0 amide bonds. The molecule has 1 aromatic heterocycles. The number of hydrogen-bond donors (Lipinski definition) is 2. The highest BCUT2D eigenvalue weighted by Gasteiger charge is 2.16. The second kappa shape index (κ2) is 5.30. The van der Waals surface area contributed by atoms with E-state index in [1.165, 1.54) is 0 Å². The van der Waals surface area contributed by atoms with Crippen molar-refractivity contribution in [1.82, 2.24) is 5.32 Å². The molecule has 0 fully saturated rings. The SMILES string of the molecule is COCC(C)(C)NCc1ccc(CO)o1. The number of furan rings is 1. The summed E-state index contributed by atoms with van der Waals surface area (Å²) in [6, 6.07) is 3.64. The molecule has 1 heterocycles. The molecule has 1 aromatic rings. The van der Waals surface area contributed by atoms with Gasteiger partial charge in [-0.3, -0.25) is 0 Å². The molecule has 86 valence electrons. The summed E-state index contributed by atoms with van der Waals surface area (Å²) in [7, 11) is 1.68. The van der Waals surface area contributed by atoms with Crippen LogP contribution in [0.2, 0.25) is 0 Å². The van der Waals surface area contributed by atoms with Gasteiger partial charge in [0.1, 0.15) is 18.1 Å². The Hall–Kier alpha value is -0.840. The van der Waals surface area contributed by atoms with E-state index in [2.05, 4.69) is 19.2 Å². The Balaban J connectivity index is 2.42. The first-order chi connectivity index (χ1) is 7.07. The number of aliphatic hydroxyl groups excluding tert-OH is 1. The lowest BCUT2D eigenvalue weighted by Crippen LogP contribution is -2.42. The van der Waals surface area contributed by atoms with Gasteiger partial charge in [-0.2, -0.15) is 0 Å². The van der Waals surface area contributed by atoms with E-state index < -0.39 is 0 Å². The van der Waals surface area contributed by atoms with Crippen molar-refractivity contribution in [2.45, 2.75) is 32.5 Å². The van der Waals surface area contributed by atoms with Gasteiger partial charge in [-0.05, 0) is 26.0 Å². The molecule has 4 heteroatoms. The zero-order chi connectivity index (χ0) is 11.3. The monoisotopic (exact) mass is 213 g/mol. The molecule has 0 spiro atoms. The van der Waals surface area contributed by atoms with Gasteiger partial charge in [0.25, 0.3) is 0 Å². The molecule has 0 aliphatic carbocycles. The number of nitrogens with one attached hydrogen (secondary N) is 1. The molecule has 0 aromatic carbocycles. The molecular formula is C11H19NO3. The van der Waals surface area contributed by atoms with E-state index in [4.69, 9.17) is 14.3 Å². The van der Waals surface area contributed by atoms with Gasteiger partial charge < -0.3 is 19.6 Å². The molecule has 0 saturated carbocycles. The topological polar surface area (TPSA) is 54.6 Å². The minimum absolute atomic E-state index is 0.0541. The first-order valence-electron chi connectivity index (χ1n) is 5.00. The zero-order valence-electron chi connectivity index (χ0n) is 9.54. The van der Waals surface area contributed by atoms with Crippen LogP contribution >= 0.6 is 0 Å². The highest BCUT2D eigenvalue weighted by atomic mass is 16.5. The molecule has 0 unspecified atom stereocenters. The van der Waals surface area contributed by atoms with Crippen LogP contribution in [-0.2, 0) is 17.9 Å². The van der Waals surface area contributed by atoms with E-state index in [9.17, 15) is 0 Å². The van der Waals surface area contributed by atoms with Crippen LogP contribution in [0.4, 0.5) is 0 Å². The molecule has 15 heavy (non-hydrogen) atoms. The quantitative estimate of drug-likeness (QED) is 0.747. The van der Waals surface area contributed by atoms with Crippen LogP contribution in [0, 0.1) is 0 Å². The summed E-state index contributed by atoms with van der Waals surface area (Å²) in [6.07, 6.45) is 0. The smallest absolute Gasteiger partial charge is 0.129 e. The maximum Gasteiger partial charge on any atom is 0.129 e. The van der Waals surface area contributed by atoms with E-state index in [1.54, 1.807) is 13.2 Å². The molecule has 2 N–H and O–H groups in total. The Labute approximate surface area is 90.2 Å². The van der Waals surface area contributed by atoms with E-state index in [0.29, 0.717) is 18.9 Å². The third-order valence-electron chi connectivity index (χ3n) is 2.12. The third-order valence-corrected chi connectivity index (χ3v) is 2.12. The normalized spacial score (nSPS) is 12.0. The average Bonchev–Trinajstić information content (AvgIpc) is 2.62. The van der Waals surface area contributed by atoms with E-state index in [1.807, 2.05) is 6.07 Å². The molecule has 4 nitrogen and oxygen atoms in total. The molecule has 0 aliphatic rings. The molecular weight excluding hydrogens is 194 g/mol. The maximum absolute atomic E-state index is 8.83. The molecule has 0 aliphatic heterocycles. The summed E-state index contributed by atoms with van der Waals surface area (Å²) in [4.78, 5) is 0. The van der Waals surface area contributed by atoms with Crippen molar-refractivity contribution >= 4 is 0 Å².